The number of aryl methyl sites for hydroxylation is 1. The van der Waals surface area contributed by atoms with Gasteiger partial charge in [-0.15, -0.1) is 34.0 Å². The molecule has 4 rings (SSSR count). The molecule has 10 heteroatoms. The number of esters is 1. The van der Waals surface area contributed by atoms with Crippen molar-refractivity contribution in [1.82, 2.24) is 9.78 Å². The highest BCUT2D eigenvalue weighted by Gasteiger charge is 2.23. The first kappa shape index (κ1) is 22.1. The molecule has 0 saturated carbocycles. The van der Waals surface area contributed by atoms with Gasteiger partial charge in [0.2, 0.25) is 5.91 Å². The quantitative estimate of drug-likeness (QED) is 0.377. The van der Waals surface area contributed by atoms with Crippen LogP contribution in [0.15, 0.2) is 52.0 Å². The average molecular weight is 486 g/mol. The van der Waals surface area contributed by atoms with E-state index >= 15 is 0 Å². The minimum absolute atomic E-state index is 0.222. The largest absolute Gasteiger partial charge is 0.462 e. The van der Waals surface area contributed by atoms with Gasteiger partial charge >= 0.3 is 5.97 Å². The van der Waals surface area contributed by atoms with E-state index in [2.05, 4.69) is 10.4 Å². The number of hydrogen-bond donors (Lipinski definition) is 1. The summed E-state index contributed by atoms with van der Waals surface area (Å²) in [4.78, 5) is 40.6. The number of anilines is 1. The van der Waals surface area contributed by atoms with Gasteiger partial charge < -0.3 is 10.1 Å². The van der Waals surface area contributed by atoms with Crippen LogP contribution in [-0.4, -0.2) is 28.3 Å². The van der Waals surface area contributed by atoms with Crippen molar-refractivity contribution in [3.8, 4) is 21.0 Å². The maximum Gasteiger partial charge on any atom is 0.341 e. The Kier molecular flexibility index (Phi) is 6.63. The van der Waals surface area contributed by atoms with E-state index < -0.39 is 11.9 Å². The highest BCUT2D eigenvalue weighted by molar-refractivity contribution is 7.17. The van der Waals surface area contributed by atoms with E-state index in [1.807, 2.05) is 41.9 Å². The number of thiophene rings is 3. The predicted molar refractivity (Wildman–Crippen MR) is 129 cm³/mol. The van der Waals surface area contributed by atoms with Crippen LogP contribution >= 0.6 is 34.0 Å². The molecule has 0 aromatic carbocycles. The Morgan fingerprint density at radius 2 is 1.97 bits per heavy atom. The molecule has 0 atom stereocenters. The number of carbonyl (C=O) groups excluding carboxylic acids is 2. The molecule has 0 bridgehead atoms. The maximum atomic E-state index is 12.8. The SMILES string of the molecule is CCOC(=O)c1c(-c2cccs2)csc1NC(=O)Cn1nc(-c2ccc(C)s2)ccc1=O. The van der Waals surface area contributed by atoms with Gasteiger partial charge in [0.05, 0.1) is 11.5 Å². The van der Waals surface area contributed by atoms with E-state index in [1.165, 1.54) is 28.7 Å². The van der Waals surface area contributed by atoms with Crippen LogP contribution in [0.5, 0.6) is 0 Å². The van der Waals surface area contributed by atoms with Gasteiger partial charge in [0.25, 0.3) is 5.56 Å². The minimum atomic E-state index is -0.502. The number of ether oxygens (including phenoxy) is 1. The number of hydrogen-bond acceptors (Lipinski definition) is 8. The first-order valence-corrected chi connectivity index (χ1v) is 12.3. The van der Waals surface area contributed by atoms with Gasteiger partial charge in [0, 0.05) is 26.8 Å². The molecule has 4 aromatic heterocycles. The molecule has 0 aliphatic rings. The molecule has 0 radical (unpaired) electrons. The third-order valence-electron chi connectivity index (χ3n) is 4.46. The van der Waals surface area contributed by atoms with Crippen molar-refractivity contribution in [3.05, 3.63) is 68.0 Å². The molecular formula is C22H19N3O4S3. The Morgan fingerprint density at radius 1 is 1.12 bits per heavy atom. The summed E-state index contributed by atoms with van der Waals surface area (Å²) in [7, 11) is 0. The summed E-state index contributed by atoms with van der Waals surface area (Å²) in [6.45, 7) is 3.67. The summed E-state index contributed by atoms with van der Waals surface area (Å²) < 4.78 is 6.33. The molecule has 0 saturated heterocycles. The van der Waals surface area contributed by atoms with Crippen LogP contribution in [0.4, 0.5) is 5.00 Å². The molecule has 0 aliphatic heterocycles. The van der Waals surface area contributed by atoms with Gasteiger partial charge in [0.1, 0.15) is 22.8 Å². The van der Waals surface area contributed by atoms with E-state index in [0.29, 0.717) is 21.8 Å². The Balaban J connectivity index is 1.59. The first-order valence-electron chi connectivity index (χ1n) is 9.73. The van der Waals surface area contributed by atoms with Gasteiger partial charge in [0.15, 0.2) is 0 Å². The molecule has 0 unspecified atom stereocenters. The van der Waals surface area contributed by atoms with Crippen LogP contribution in [0.25, 0.3) is 21.0 Å². The van der Waals surface area contributed by atoms with Crippen molar-refractivity contribution in [3.63, 3.8) is 0 Å². The second-order valence-corrected chi connectivity index (χ2v) is 9.84. The van der Waals surface area contributed by atoms with Crippen molar-refractivity contribution in [2.45, 2.75) is 20.4 Å². The average Bonchev–Trinajstić information content (AvgIpc) is 3.50. The van der Waals surface area contributed by atoms with Crippen molar-refractivity contribution < 1.29 is 14.3 Å². The summed E-state index contributed by atoms with van der Waals surface area (Å²) in [6, 6.07) is 10.7. The lowest BCUT2D eigenvalue weighted by Gasteiger charge is -2.09. The lowest BCUT2D eigenvalue weighted by Crippen LogP contribution is -2.29. The topological polar surface area (TPSA) is 90.3 Å². The number of nitrogens with one attached hydrogen (secondary N) is 1. The Bertz CT molecular complexity index is 1320. The molecule has 4 aromatic rings. The first-order chi connectivity index (χ1) is 15.5. The van der Waals surface area contributed by atoms with Crippen LogP contribution in [0.2, 0.25) is 0 Å². The second-order valence-electron chi connectivity index (χ2n) is 6.72. The fourth-order valence-corrected chi connectivity index (χ4v) is 5.66. The third kappa shape index (κ3) is 4.72. The van der Waals surface area contributed by atoms with Crippen LogP contribution in [-0.2, 0) is 16.1 Å². The Labute approximate surface area is 195 Å². The summed E-state index contributed by atoms with van der Waals surface area (Å²) in [6.07, 6.45) is 0. The van der Waals surface area contributed by atoms with Crippen LogP contribution < -0.4 is 10.9 Å². The number of amides is 1. The molecular weight excluding hydrogens is 466 g/mol. The van der Waals surface area contributed by atoms with Crippen LogP contribution in [0.3, 0.4) is 0 Å². The number of rotatable bonds is 7. The lowest BCUT2D eigenvalue weighted by molar-refractivity contribution is -0.116. The Morgan fingerprint density at radius 3 is 2.66 bits per heavy atom. The van der Waals surface area contributed by atoms with Gasteiger partial charge in [-0.1, -0.05) is 6.07 Å². The van der Waals surface area contributed by atoms with E-state index in [4.69, 9.17) is 4.74 Å². The van der Waals surface area contributed by atoms with Crippen molar-refractivity contribution >= 4 is 50.9 Å². The predicted octanol–water partition coefficient (Wildman–Crippen LogP) is 4.89. The summed E-state index contributed by atoms with van der Waals surface area (Å²) >= 11 is 4.30. The van der Waals surface area contributed by atoms with E-state index in [-0.39, 0.29) is 18.7 Å². The molecule has 32 heavy (non-hydrogen) atoms. The number of carbonyl (C=O) groups is 2. The lowest BCUT2D eigenvalue weighted by atomic mass is 10.1. The minimum Gasteiger partial charge on any atom is -0.462 e. The fourth-order valence-electron chi connectivity index (χ4n) is 3.04. The molecule has 7 nitrogen and oxygen atoms in total. The zero-order valence-corrected chi connectivity index (χ0v) is 19.7. The monoisotopic (exact) mass is 485 g/mol. The van der Waals surface area contributed by atoms with Gasteiger partial charge in [-0.3, -0.25) is 9.59 Å². The van der Waals surface area contributed by atoms with Crippen molar-refractivity contribution in [2.24, 2.45) is 0 Å². The summed E-state index contributed by atoms with van der Waals surface area (Å²) in [5, 5.41) is 11.2. The highest BCUT2D eigenvalue weighted by atomic mass is 32.1. The van der Waals surface area contributed by atoms with Gasteiger partial charge in [-0.05, 0) is 43.5 Å². The van der Waals surface area contributed by atoms with E-state index in [1.54, 1.807) is 24.3 Å². The molecule has 0 spiro atoms. The Hall–Kier alpha value is -3.08. The maximum absolute atomic E-state index is 12.8. The summed E-state index contributed by atoms with van der Waals surface area (Å²) in [5.41, 5.74) is 1.27. The third-order valence-corrected chi connectivity index (χ3v) is 7.28. The zero-order valence-electron chi connectivity index (χ0n) is 17.3. The van der Waals surface area contributed by atoms with Gasteiger partial charge in [-0.2, -0.15) is 5.10 Å². The molecule has 1 amide bonds. The van der Waals surface area contributed by atoms with Crippen molar-refractivity contribution in [1.29, 1.82) is 0 Å². The highest BCUT2D eigenvalue weighted by Crippen LogP contribution is 2.38. The van der Waals surface area contributed by atoms with Crippen LogP contribution in [0, 0.1) is 6.92 Å². The van der Waals surface area contributed by atoms with E-state index in [9.17, 15) is 14.4 Å². The molecule has 1 N–H and O–H groups in total. The van der Waals surface area contributed by atoms with Gasteiger partial charge in [-0.25, -0.2) is 9.48 Å². The van der Waals surface area contributed by atoms with Crippen molar-refractivity contribution in [2.75, 3.05) is 11.9 Å². The second kappa shape index (κ2) is 9.60. The normalized spacial score (nSPS) is 10.8. The molecule has 0 aliphatic carbocycles. The number of aromatic nitrogens is 2. The molecule has 4 heterocycles. The zero-order chi connectivity index (χ0) is 22.7. The van der Waals surface area contributed by atoms with Crippen LogP contribution in [0.1, 0.15) is 22.2 Å². The smallest absolute Gasteiger partial charge is 0.341 e. The standard InChI is InChI=1S/C22H19N3O4S3/c1-3-29-22(28)20-14(16-5-4-10-30-16)12-31-21(20)23-18(26)11-25-19(27)9-7-15(24-25)17-8-6-13(2)32-17/h4-10,12H,3,11H2,1-2H3,(H,23,26). The molecule has 0 fully saturated rings. The molecule has 164 valence electrons. The number of nitrogens with zero attached hydrogens (tertiary/aromatic N) is 2. The van der Waals surface area contributed by atoms with E-state index in [0.717, 1.165) is 19.3 Å². The summed E-state index contributed by atoms with van der Waals surface area (Å²) in [5.74, 6) is -0.956. The fraction of sp³-hybridized carbons (Fsp3) is 0.182.